The van der Waals surface area contributed by atoms with Crippen LogP contribution in [0.25, 0.3) is 0 Å². The second-order valence-corrected chi connectivity index (χ2v) is 5.88. The molecule has 0 amide bonds. The Hall–Kier alpha value is -2.02. The van der Waals surface area contributed by atoms with Gasteiger partial charge in [-0.1, -0.05) is 22.0 Å². The van der Waals surface area contributed by atoms with E-state index in [1.165, 1.54) is 0 Å². The fraction of sp³-hybridized carbons (Fsp3) is 0.250. The Morgan fingerprint density at radius 1 is 1.42 bits per heavy atom. The van der Waals surface area contributed by atoms with Crippen LogP contribution in [0.5, 0.6) is 0 Å². The van der Waals surface area contributed by atoms with Gasteiger partial charge in [0.25, 0.3) is 0 Å². The standard InChI is InChI=1S/C12H15BrN8O2S/c1-7-2-3-8(6-9(7)13)17-12(18-21-22)10-11(20-23-19-10)15-4-5-16-24-14/h2-3,6,16H,4-5,14H2,1H3,(H,15,20)(H,17,18,22). The molecular formula is C12H15BrN8O2S. The molecule has 0 aliphatic rings. The van der Waals surface area contributed by atoms with Crippen LogP contribution in [0.4, 0.5) is 11.5 Å². The third-order valence-electron chi connectivity index (χ3n) is 2.86. The van der Waals surface area contributed by atoms with Gasteiger partial charge in [0.05, 0.1) is 11.0 Å². The Labute approximate surface area is 150 Å². The van der Waals surface area contributed by atoms with Gasteiger partial charge in [0, 0.05) is 29.7 Å². The van der Waals surface area contributed by atoms with Crippen LogP contribution in [0.1, 0.15) is 11.3 Å². The largest absolute Gasteiger partial charge is 0.364 e. The monoisotopic (exact) mass is 414 g/mol. The number of aryl methyl sites for hydroxylation is 1. The summed E-state index contributed by atoms with van der Waals surface area (Å²) in [4.78, 5) is 15.0. The lowest BCUT2D eigenvalue weighted by molar-refractivity contribution is 0.307. The van der Waals surface area contributed by atoms with Crippen LogP contribution in [0.2, 0.25) is 0 Å². The number of anilines is 1. The molecule has 2 rings (SSSR count). The number of aliphatic imine (C=N–C) groups is 1. The van der Waals surface area contributed by atoms with Crippen LogP contribution in [0.3, 0.4) is 0 Å². The number of nitroso groups, excluding NO2 is 1. The van der Waals surface area contributed by atoms with E-state index in [2.05, 4.69) is 52.0 Å². The third-order valence-corrected chi connectivity index (χ3v) is 4.09. The molecule has 1 heterocycles. The predicted molar refractivity (Wildman–Crippen MR) is 96.6 cm³/mol. The number of hydrogen-bond donors (Lipinski definition) is 4. The normalized spacial score (nSPS) is 11.4. The van der Waals surface area contributed by atoms with E-state index in [-0.39, 0.29) is 11.5 Å². The maximum atomic E-state index is 10.7. The molecule has 5 N–H and O–H groups in total. The Bertz CT molecular complexity index is 723. The number of halogens is 1. The Balaban J connectivity index is 2.24. The maximum absolute atomic E-state index is 10.7. The van der Waals surface area contributed by atoms with Crippen molar-refractivity contribution in [3.05, 3.63) is 38.8 Å². The zero-order valence-corrected chi connectivity index (χ0v) is 15.0. The number of nitrogens with two attached hydrogens (primary N) is 1. The second-order valence-electron chi connectivity index (χ2n) is 4.50. The van der Waals surface area contributed by atoms with Crippen molar-refractivity contribution in [2.24, 2.45) is 15.4 Å². The average molecular weight is 415 g/mol. The molecule has 1 aromatic carbocycles. The van der Waals surface area contributed by atoms with Gasteiger partial charge in [0.15, 0.2) is 11.5 Å². The summed E-state index contributed by atoms with van der Waals surface area (Å²) in [5, 5.41) is 18.5. The van der Waals surface area contributed by atoms with E-state index in [9.17, 15) is 4.91 Å². The molecule has 10 nitrogen and oxygen atoms in total. The molecule has 12 heteroatoms. The quantitative estimate of drug-likeness (QED) is 0.127. The SMILES string of the molecule is Cc1ccc(N=C(NN=O)c2nonc2NCCNSN)cc1Br. The van der Waals surface area contributed by atoms with Gasteiger partial charge >= 0.3 is 0 Å². The van der Waals surface area contributed by atoms with Crippen molar-refractivity contribution in [1.82, 2.24) is 20.5 Å². The highest BCUT2D eigenvalue weighted by molar-refractivity contribution is 9.10. The van der Waals surface area contributed by atoms with Crippen LogP contribution in [0, 0.1) is 11.8 Å². The lowest BCUT2D eigenvalue weighted by atomic mass is 10.2. The molecular weight excluding hydrogens is 400 g/mol. The molecule has 0 aliphatic carbocycles. The molecule has 0 saturated carbocycles. The van der Waals surface area contributed by atoms with Gasteiger partial charge in [-0.15, -0.1) is 4.91 Å². The summed E-state index contributed by atoms with van der Waals surface area (Å²) >= 11 is 4.45. The van der Waals surface area contributed by atoms with E-state index in [4.69, 9.17) is 9.77 Å². The molecule has 0 radical (unpaired) electrons. The summed E-state index contributed by atoms with van der Waals surface area (Å²) in [5.74, 6) is 0.450. The first-order chi connectivity index (χ1) is 11.7. The number of nitrogens with one attached hydrogen (secondary N) is 3. The Morgan fingerprint density at radius 2 is 2.25 bits per heavy atom. The van der Waals surface area contributed by atoms with E-state index in [0.717, 1.165) is 22.2 Å². The highest BCUT2D eigenvalue weighted by Gasteiger charge is 2.17. The van der Waals surface area contributed by atoms with Crippen LogP contribution >= 0.6 is 28.1 Å². The van der Waals surface area contributed by atoms with Crippen molar-refractivity contribution >= 4 is 45.4 Å². The van der Waals surface area contributed by atoms with Gasteiger partial charge < -0.3 is 5.32 Å². The number of hydrogen-bond acceptors (Lipinski definition) is 10. The van der Waals surface area contributed by atoms with Gasteiger partial charge in [0.2, 0.25) is 5.82 Å². The van der Waals surface area contributed by atoms with E-state index >= 15 is 0 Å². The van der Waals surface area contributed by atoms with E-state index < -0.39 is 0 Å². The van der Waals surface area contributed by atoms with Gasteiger partial charge in [-0.2, -0.15) is 0 Å². The summed E-state index contributed by atoms with van der Waals surface area (Å²) in [6, 6.07) is 5.51. The number of benzene rings is 1. The highest BCUT2D eigenvalue weighted by atomic mass is 79.9. The van der Waals surface area contributed by atoms with E-state index in [1.54, 1.807) is 6.07 Å². The molecule has 128 valence electrons. The summed E-state index contributed by atoms with van der Waals surface area (Å²) in [6.07, 6.45) is 0. The highest BCUT2D eigenvalue weighted by Crippen LogP contribution is 2.23. The molecule has 0 unspecified atom stereocenters. The molecule has 24 heavy (non-hydrogen) atoms. The molecule has 0 aliphatic heterocycles. The Kier molecular flexibility index (Phi) is 7.11. The van der Waals surface area contributed by atoms with Crippen LogP contribution in [-0.2, 0) is 0 Å². The molecule has 1 aromatic heterocycles. The minimum Gasteiger partial charge on any atom is -0.364 e. The molecule has 0 atom stereocenters. The van der Waals surface area contributed by atoms with Crippen LogP contribution in [0.15, 0.2) is 37.6 Å². The number of nitrogens with zero attached hydrogens (tertiary/aromatic N) is 4. The number of rotatable bonds is 8. The van der Waals surface area contributed by atoms with Crippen molar-refractivity contribution in [3.63, 3.8) is 0 Å². The summed E-state index contributed by atoms with van der Waals surface area (Å²) in [7, 11) is 0. The van der Waals surface area contributed by atoms with Gasteiger partial charge in [-0.05, 0) is 34.9 Å². The lowest BCUT2D eigenvalue weighted by Gasteiger charge is -2.05. The van der Waals surface area contributed by atoms with Gasteiger partial charge in [-0.25, -0.2) is 19.8 Å². The summed E-state index contributed by atoms with van der Waals surface area (Å²) < 4.78 is 8.49. The summed E-state index contributed by atoms with van der Waals surface area (Å²) in [6.45, 7) is 3.06. The predicted octanol–water partition coefficient (Wildman–Crippen LogP) is 2.01. The fourth-order valence-corrected chi connectivity index (χ4v) is 2.29. The minimum atomic E-state index is 0.116. The third kappa shape index (κ3) is 4.99. The first-order valence-corrected chi connectivity index (χ1v) is 8.41. The topological polar surface area (TPSA) is 143 Å². The summed E-state index contributed by atoms with van der Waals surface area (Å²) in [5.41, 5.74) is 4.18. The van der Waals surface area contributed by atoms with E-state index in [0.29, 0.717) is 24.6 Å². The van der Waals surface area contributed by atoms with Gasteiger partial charge in [0.1, 0.15) is 0 Å². The van der Waals surface area contributed by atoms with Crippen LogP contribution < -0.4 is 20.6 Å². The molecule has 0 saturated heterocycles. The average Bonchev–Trinajstić information content (AvgIpc) is 3.03. The van der Waals surface area contributed by atoms with Crippen molar-refractivity contribution < 1.29 is 4.63 Å². The lowest BCUT2D eigenvalue weighted by Crippen LogP contribution is -2.22. The van der Waals surface area contributed by atoms with Crippen molar-refractivity contribution in [1.29, 1.82) is 0 Å². The van der Waals surface area contributed by atoms with Crippen LogP contribution in [-0.4, -0.2) is 29.2 Å². The zero-order chi connectivity index (χ0) is 17.4. The minimum absolute atomic E-state index is 0.116. The first kappa shape index (κ1) is 18.3. The zero-order valence-electron chi connectivity index (χ0n) is 12.6. The molecule has 0 bridgehead atoms. The van der Waals surface area contributed by atoms with Crippen molar-refractivity contribution in [3.8, 4) is 0 Å². The smallest absolute Gasteiger partial charge is 0.202 e. The first-order valence-electron chi connectivity index (χ1n) is 6.74. The number of amidine groups is 1. The fourth-order valence-electron chi connectivity index (χ4n) is 1.71. The van der Waals surface area contributed by atoms with Crippen molar-refractivity contribution in [2.75, 3.05) is 18.4 Å². The van der Waals surface area contributed by atoms with Crippen molar-refractivity contribution in [2.45, 2.75) is 6.92 Å². The molecule has 0 fully saturated rings. The van der Waals surface area contributed by atoms with E-state index in [1.807, 2.05) is 19.1 Å². The second kappa shape index (κ2) is 9.32. The van der Waals surface area contributed by atoms with Gasteiger partial charge in [-0.3, -0.25) is 5.14 Å². The molecule has 0 spiro atoms. The molecule has 2 aromatic rings. The Morgan fingerprint density at radius 3 is 2.96 bits per heavy atom. The maximum Gasteiger partial charge on any atom is 0.202 e. The number of aromatic nitrogens is 2.